The first-order valence-corrected chi connectivity index (χ1v) is 15.8. The van der Waals surface area contributed by atoms with Crippen LogP contribution in [0.2, 0.25) is 0 Å². The van der Waals surface area contributed by atoms with Crippen LogP contribution in [0.1, 0.15) is 16.7 Å². The maximum atomic E-state index is 5.93. The highest BCUT2D eigenvalue weighted by molar-refractivity contribution is 6.04. The van der Waals surface area contributed by atoms with Crippen LogP contribution in [-0.2, 0) is 0 Å². The molecule has 0 saturated heterocycles. The molecule has 49 heavy (non-hydrogen) atoms. The summed E-state index contributed by atoms with van der Waals surface area (Å²) >= 11 is 0. The number of anilines is 4. The van der Waals surface area contributed by atoms with Crippen molar-refractivity contribution in [3.8, 4) is 0 Å². The summed E-state index contributed by atoms with van der Waals surface area (Å²) in [6.45, 7) is 1.98. The monoisotopic (exact) mass is 695 g/mol. The molecule has 0 unspecified atom stereocenters. The third-order valence-electron chi connectivity index (χ3n) is 8.34. The third kappa shape index (κ3) is 8.99. The van der Waals surface area contributed by atoms with Crippen molar-refractivity contribution >= 4 is 68.5 Å². The average Bonchev–Trinajstić information content (AvgIpc) is 3.05. The Labute approximate surface area is 303 Å². The molecule has 5 aromatic rings. The van der Waals surface area contributed by atoms with E-state index in [-0.39, 0.29) is 24.8 Å². The Balaban J connectivity index is 0.000000271. The summed E-state index contributed by atoms with van der Waals surface area (Å²) in [6, 6.07) is 27.5. The SMILES string of the molecule is CN(C)c1ccc(C(=C2C=CC(=[N+](C)C)C=C2)c2ccc(N(C)C)cc2)cc1.Cc1cc2nc3ccc(N(C)C)cc3nc2cc1N.Cl.[Cl-]. The minimum Gasteiger partial charge on any atom is -1.00 e. The highest BCUT2D eigenvalue weighted by Gasteiger charge is 2.14. The van der Waals surface area contributed by atoms with Crippen LogP contribution >= 0.6 is 12.4 Å². The lowest BCUT2D eigenvalue weighted by atomic mass is 9.90. The number of rotatable bonds is 5. The summed E-state index contributed by atoms with van der Waals surface area (Å²) in [6.07, 6.45) is 8.78. The zero-order chi connectivity index (χ0) is 33.8. The van der Waals surface area contributed by atoms with Gasteiger partial charge in [0.05, 0.1) is 22.1 Å². The lowest BCUT2D eigenvalue weighted by Crippen LogP contribution is -3.00. The molecule has 6 rings (SSSR count). The van der Waals surface area contributed by atoms with Crippen molar-refractivity contribution in [1.82, 2.24) is 9.97 Å². The van der Waals surface area contributed by atoms with Gasteiger partial charge in [-0.2, -0.15) is 0 Å². The number of halogens is 2. The molecule has 1 aliphatic carbocycles. The van der Waals surface area contributed by atoms with Crippen LogP contribution in [0.15, 0.2) is 109 Å². The van der Waals surface area contributed by atoms with Crippen LogP contribution in [0.5, 0.6) is 0 Å². The van der Waals surface area contributed by atoms with E-state index in [1.165, 1.54) is 39.4 Å². The van der Waals surface area contributed by atoms with Gasteiger partial charge in [0.25, 0.3) is 0 Å². The molecule has 7 nitrogen and oxygen atoms in total. The van der Waals surface area contributed by atoms with E-state index in [1.807, 2.05) is 51.4 Å². The molecule has 0 spiro atoms. The van der Waals surface area contributed by atoms with Gasteiger partial charge in [-0.1, -0.05) is 24.3 Å². The van der Waals surface area contributed by atoms with Crippen molar-refractivity contribution in [2.75, 3.05) is 76.8 Å². The van der Waals surface area contributed by atoms with E-state index in [0.29, 0.717) is 0 Å². The topological polar surface area (TPSA) is 64.5 Å². The lowest BCUT2D eigenvalue weighted by Gasteiger charge is -2.18. The van der Waals surface area contributed by atoms with E-state index < -0.39 is 0 Å². The van der Waals surface area contributed by atoms with Gasteiger partial charge in [-0.05, 0) is 102 Å². The quantitative estimate of drug-likeness (QED) is 0.165. The highest BCUT2D eigenvalue weighted by Crippen LogP contribution is 2.32. The number of aryl methyl sites for hydroxylation is 1. The standard InChI is InChI=1S/C25H30N3.C15H16N4.2ClH/c1-26(2)22-13-7-19(8-14-22)25(20-9-15-23(16-10-20)27(3)4)21-11-17-24(18-12-21)28(5)6;1-9-6-13-15(8-11(9)16)18-14-7-10(19(2)3)4-5-12(14)17-13;;/h7-18H,1-6H3;4-8H,16H2,1-3H3;2*1H/q+1;;;/p-1. The predicted octanol–water partition coefficient (Wildman–Crippen LogP) is 4.63. The van der Waals surface area contributed by atoms with Crippen LogP contribution in [0.25, 0.3) is 27.6 Å². The van der Waals surface area contributed by atoms with E-state index in [1.54, 1.807) is 0 Å². The number of aromatic nitrogens is 2. The highest BCUT2D eigenvalue weighted by atomic mass is 35.5. The number of nitrogen functional groups attached to an aromatic ring is 1. The van der Waals surface area contributed by atoms with Gasteiger partial charge < -0.3 is 32.8 Å². The fourth-order valence-electron chi connectivity index (χ4n) is 5.39. The Hall–Kier alpha value is -4.85. The number of benzene rings is 4. The fourth-order valence-corrected chi connectivity index (χ4v) is 5.39. The van der Waals surface area contributed by atoms with Crippen LogP contribution in [-0.4, -0.2) is 76.6 Å². The molecule has 0 atom stereocenters. The number of fused-ring (bicyclic) bond motifs is 2. The van der Waals surface area contributed by atoms with Gasteiger partial charge in [0.15, 0.2) is 5.71 Å². The molecule has 0 fully saturated rings. The Morgan fingerprint density at radius 2 is 1.00 bits per heavy atom. The Morgan fingerprint density at radius 1 is 0.571 bits per heavy atom. The zero-order valence-corrected chi connectivity index (χ0v) is 31.4. The molecule has 1 aromatic heterocycles. The van der Waals surface area contributed by atoms with Gasteiger partial charge >= 0.3 is 0 Å². The van der Waals surface area contributed by atoms with Crippen molar-refractivity contribution in [3.05, 3.63) is 125 Å². The lowest BCUT2D eigenvalue weighted by molar-refractivity contribution is -0.462. The number of hydrogen-bond acceptors (Lipinski definition) is 6. The number of hydrogen-bond donors (Lipinski definition) is 1. The van der Waals surface area contributed by atoms with Crippen LogP contribution in [0.4, 0.5) is 22.7 Å². The van der Waals surface area contributed by atoms with Gasteiger partial charge in [0.2, 0.25) is 0 Å². The molecular formula is C40H47Cl2N7. The molecule has 0 radical (unpaired) electrons. The van der Waals surface area contributed by atoms with Crippen LogP contribution in [0.3, 0.4) is 0 Å². The summed E-state index contributed by atoms with van der Waals surface area (Å²) in [5, 5.41) is 0. The molecule has 0 aliphatic heterocycles. The minimum absolute atomic E-state index is 0. The molecule has 4 aromatic carbocycles. The summed E-state index contributed by atoms with van der Waals surface area (Å²) < 4.78 is 2.13. The first-order valence-electron chi connectivity index (χ1n) is 15.8. The number of nitrogens with two attached hydrogens (primary N) is 1. The normalized spacial score (nSPS) is 11.7. The first kappa shape index (κ1) is 38.6. The average molecular weight is 697 g/mol. The van der Waals surface area contributed by atoms with Gasteiger partial charge in [-0.3, -0.25) is 0 Å². The molecule has 0 bridgehead atoms. The summed E-state index contributed by atoms with van der Waals surface area (Å²) in [5.74, 6) is 0. The molecule has 2 N–H and O–H groups in total. The molecule has 0 amide bonds. The predicted molar refractivity (Wildman–Crippen MR) is 211 cm³/mol. The summed E-state index contributed by atoms with van der Waals surface area (Å²) in [4.78, 5) is 15.6. The van der Waals surface area contributed by atoms with E-state index in [2.05, 4.69) is 144 Å². The van der Waals surface area contributed by atoms with Gasteiger partial charge in [-0.15, -0.1) is 12.4 Å². The van der Waals surface area contributed by atoms with E-state index in [4.69, 9.17) is 5.73 Å². The Bertz CT molecular complexity index is 1960. The second-order valence-corrected chi connectivity index (χ2v) is 12.7. The maximum absolute atomic E-state index is 5.93. The van der Waals surface area contributed by atoms with E-state index in [9.17, 15) is 0 Å². The first-order chi connectivity index (χ1) is 22.4. The maximum Gasteiger partial charge on any atom is 0.199 e. The molecule has 0 saturated carbocycles. The van der Waals surface area contributed by atoms with Crippen LogP contribution < -0.4 is 32.8 Å². The number of allylic oxidation sites excluding steroid dienone is 5. The number of nitrogens with zero attached hydrogens (tertiary/aromatic N) is 6. The van der Waals surface area contributed by atoms with Crippen LogP contribution in [0, 0.1) is 6.92 Å². The molecule has 1 heterocycles. The molecule has 256 valence electrons. The molecule has 1 aliphatic rings. The van der Waals surface area contributed by atoms with Crippen molar-refractivity contribution in [2.24, 2.45) is 0 Å². The third-order valence-corrected chi connectivity index (χ3v) is 8.34. The van der Waals surface area contributed by atoms with Crippen molar-refractivity contribution in [3.63, 3.8) is 0 Å². The molecule has 9 heteroatoms. The smallest absolute Gasteiger partial charge is 0.199 e. The van der Waals surface area contributed by atoms with E-state index >= 15 is 0 Å². The molecular weight excluding hydrogens is 649 g/mol. The van der Waals surface area contributed by atoms with Gasteiger partial charge in [0, 0.05) is 77.2 Å². The zero-order valence-electron chi connectivity index (χ0n) is 29.9. The van der Waals surface area contributed by atoms with Gasteiger partial charge in [0.1, 0.15) is 14.1 Å². The van der Waals surface area contributed by atoms with Crippen molar-refractivity contribution < 1.29 is 17.0 Å². The second kappa shape index (κ2) is 16.5. The summed E-state index contributed by atoms with van der Waals surface area (Å²) in [5.41, 5.74) is 20.9. The van der Waals surface area contributed by atoms with E-state index in [0.717, 1.165) is 39.0 Å². The largest absolute Gasteiger partial charge is 1.00 e. The minimum atomic E-state index is 0. The summed E-state index contributed by atoms with van der Waals surface area (Å²) in [7, 11) is 16.4. The Morgan fingerprint density at radius 3 is 1.47 bits per heavy atom. The van der Waals surface area contributed by atoms with Crippen molar-refractivity contribution in [2.45, 2.75) is 6.92 Å². The fraction of sp³-hybridized carbons (Fsp3) is 0.225. The van der Waals surface area contributed by atoms with Gasteiger partial charge in [-0.25, -0.2) is 14.5 Å². The Kier molecular flexibility index (Phi) is 13.0. The van der Waals surface area contributed by atoms with Crippen molar-refractivity contribution in [1.29, 1.82) is 0 Å². The second-order valence-electron chi connectivity index (χ2n) is 12.7.